The van der Waals surface area contributed by atoms with E-state index in [0.717, 1.165) is 14.2 Å². The molecule has 11 heteroatoms. The number of nitrogens with zero attached hydrogens (tertiary/aromatic N) is 2. The Kier molecular flexibility index (Phi) is 4.89. The van der Waals surface area contributed by atoms with Crippen LogP contribution in [0.2, 0.25) is 0 Å². The van der Waals surface area contributed by atoms with Gasteiger partial charge in [-0.3, -0.25) is 4.79 Å². The van der Waals surface area contributed by atoms with E-state index in [1.165, 1.54) is 0 Å². The summed E-state index contributed by atoms with van der Waals surface area (Å²) in [5.41, 5.74) is -0.691. The van der Waals surface area contributed by atoms with E-state index in [-0.39, 0.29) is 0 Å². The SMILES string of the molecule is COC(=O)Cc1c([N+](=O)[O-])ncc(OC)c1OC(F)(F)F. The van der Waals surface area contributed by atoms with Crippen molar-refractivity contribution >= 4 is 11.8 Å². The van der Waals surface area contributed by atoms with Crippen LogP contribution < -0.4 is 9.47 Å². The molecule has 0 atom stereocenters. The highest BCUT2D eigenvalue weighted by Gasteiger charge is 2.37. The Bertz CT molecular complexity index is 560. The topological polar surface area (TPSA) is 101 Å². The molecule has 0 radical (unpaired) electrons. The molecule has 8 nitrogen and oxygen atoms in total. The van der Waals surface area contributed by atoms with Crippen LogP contribution in [0.4, 0.5) is 19.0 Å². The van der Waals surface area contributed by atoms with Crippen LogP contribution in [0.25, 0.3) is 0 Å². The summed E-state index contributed by atoms with van der Waals surface area (Å²) < 4.78 is 49.8. The molecule has 21 heavy (non-hydrogen) atoms. The molecule has 0 N–H and O–H groups in total. The maximum absolute atomic E-state index is 12.4. The number of carbonyl (C=O) groups excluding carboxylic acids is 1. The number of nitro groups is 1. The first-order valence-corrected chi connectivity index (χ1v) is 5.22. The number of ether oxygens (including phenoxy) is 3. The van der Waals surface area contributed by atoms with Gasteiger partial charge in [0.1, 0.15) is 5.56 Å². The number of rotatable bonds is 5. The minimum atomic E-state index is -5.13. The largest absolute Gasteiger partial charge is 0.573 e. The van der Waals surface area contributed by atoms with Gasteiger partial charge in [0.25, 0.3) is 0 Å². The second-order valence-electron chi connectivity index (χ2n) is 3.52. The third-order valence-corrected chi connectivity index (χ3v) is 2.23. The van der Waals surface area contributed by atoms with Gasteiger partial charge in [0, 0.05) is 0 Å². The molecule has 0 saturated heterocycles. The minimum absolute atomic E-state index is 0.503. The van der Waals surface area contributed by atoms with Crippen molar-refractivity contribution in [3.05, 3.63) is 21.9 Å². The summed E-state index contributed by atoms with van der Waals surface area (Å²) in [6.07, 6.45) is -5.27. The van der Waals surface area contributed by atoms with E-state index < -0.39 is 46.6 Å². The maximum atomic E-state index is 12.4. The van der Waals surface area contributed by atoms with E-state index in [4.69, 9.17) is 0 Å². The molecule has 1 aromatic heterocycles. The van der Waals surface area contributed by atoms with Crippen LogP contribution in [0.1, 0.15) is 5.56 Å². The smallest absolute Gasteiger partial charge is 0.490 e. The number of carbonyl (C=O) groups is 1. The summed E-state index contributed by atoms with van der Waals surface area (Å²) in [7, 11) is 2.00. The number of alkyl halides is 3. The summed E-state index contributed by atoms with van der Waals surface area (Å²) in [5.74, 6) is -3.46. The third-order valence-electron chi connectivity index (χ3n) is 2.23. The molecule has 0 unspecified atom stereocenters. The lowest BCUT2D eigenvalue weighted by Gasteiger charge is -2.14. The number of esters is 1. The van der Waals surface area contributed by atoms with Crippen molar-refractivity contribution in [1.82, 2.24) is 4.98 Å². The second kappa shape index (κ2) is 6.24. The molecule has 1 heterocycles. The zero-order valence-electron chi connectivity index (χ0n) is 10.8. The Morgan fingerprint density at radius 1 is 1.43 bits per heavy atom. The monoisotopic (exact) mass is 310 g/mol. The van der Waals surface area contributed by atoms with Gasteiger partial charge in [-0.25, -0.2) is 0 Å². The van der Waals surface area contributed by atoms with Gasteiger partial charge in [-0.1, -0.05) is 0 Å². The number of aromatic nitrogens is 1. The number of pyridine rings is 1. The predicted molar refractivity (Wildman–Crippen MR) is 59.8 cm³/mol. The molecule has 1 rings (SSSR count). The zero-order chi connectivity index (χ0) is 16.2. The molecule has 116 valence electrons. The van der Waals surface area contributed by atoms with Crippen LogP contribution in [0.15, 0.2) is 6.20 Å². The highest BCUT2D eigenvalue weighted by atomic mass is 19.4. The summed E-state index contributed by atoms with van der Waals surface area (Å²) in [6, 6.07) is 0. The van der Waals surface area contributed by atoms with Crippen molar-refractivity contribution in [3.63, 3.8) is 0 Å². The van der Waals surface area contributed by atoms with Crippen LogP contribution in [0.3, 0.4) is 0 Å². The van der Waals surface area contributed by atoms with E-state index >= 15 is 0 Å². The zero-order valence-corrected chi connectivity index (χ0v) is 10.8. The molecular formula is C10H9F3N2O6. The van der Waals surface area contributed by atoms with Gasteiger partial charge in [0.15, 0.2) is 11.9 Å². The Labute approximate surface area is 115 Å². The third kappa shape index (κ3) is 4.19. The molecule has 0 bridgehead atoms. The van der Waals surface area contributed by atoms with Crippen LogP contribution in [0.5, 0.6) is 11.5 Å². The number of hydrogen-bond acceptors (Lipinski definition) is 7. The number of methoxy groups -OCH3 is 2. The fourth-order valence-corrected chi connectivity index (χ4v) is 1.41. The Balaban J connectivity index is 3.48. The van der Waals surface area contributed by atoms with Gasteiger partial charge in [0.05, 0.1) is 20.6 Å². The highest BCUT2D eigenvalue weighted by Crippen LogP contribution is 2.39. The highest BCUT2D eigenvalue weighted by molar-refractivity contribution is 5.75. The molecular weight excluding hydrogens is 301 g/mol. The predicted octanol–water partition coefficient (Wildman–Crippen LogP) is 1.61. The normalized spacial score (nSPS) is 10.9. The molecule has 1 aromatic rings. The van der Waals surface area contributed by atoms with Gasteiger partial charge >= 0.3 is 18.1 Å². The maximum Gasteiger partial charge on any atom is 0.573 e. The number of hydrogen-bond donors (Lipinski definition) is 0. The quantitative estimate of drug-likeness (QED) is 0.462. The molecule has 0 fully saturated rings. The molecule has 0 saturated carbocycles. The summed E-state index contributed by atoms with van der Waals surface area (Å²) in [5, 5.41) is 10.8. The van der Waals surface area contributed by atoms with Crippen LogP contribution in [-0.4, -0.2) is 36.5 Å². The standard InChI is InChI=1S/C10H9F3N2O6/c1-19-6-4-14-9(15(17)18)5(3-7(16)20-2)8(6)21-10(11,12)13/h4H,3H2,1-2H3. The molecule has 0 amide bonds. The lowest BCUT2D eigenvalue weighted by molar-refractivity contribution is -0.390. The molecule has 0 aliphatic heterocycles. The van der Waals surface area contributed by atoms with E-state index in [0.29, 0.717) is 6.20 Å². The fraction of sp³-hybridized carbons (Fsp3) is 0.400. The first kappa shape index (κ1) is 16.5. The lowest BCUT2D eigenvalue weighted by Crippen LogP contribution is -2.20. The molecule has 0 aliphatic carbocycles. The Morgan fingerprint density at radius 3 is 2.48 bits per heavy atom. The van der Waals surface area contributed by atoms with Gasteiger partial charge in [-0.05, 0) is 9.91 Å². The first-order valence-electron chi connectivity index (χ1n) is 5.22. The van der Waals surface area contributed by atoms with Crippen molar-refractivity contribution in [3.8, 4) is 11.5 Å². The first-order chi connectivity index (χ1) is 9.69. The van der Waals surface area contributed by atoms with E-state index in [9.17, 15) is 28.1 Å². The Morgan fingerprint density at radius 2 is 2.05 bits per heavy atom. The van der Waals surface area contributed by atoms with Gasteiger partial charge in [0.2, 0.25) is 5.75 Å². The van der Waals surface area contributed by atoms with E-state index in [1.54, 1.807) is 0 Å². The van der Waals surface area contributed by atoms with Gasteiger partial charge < -0.3 is 24.3 Å². The Hall–Kier alpha value is -2.59. The van der Waals surface area contributed by atoms with Crippen LogP contribution in [-0.2, 0) is 16.0 Å². The van der Waals surface area contributed by atoms with Crippen LogP contribution >= 0.6 is 0 Å². The average Bonchev–Trinajstić information content (AvgIpc) is 2.38. The molecule has 0 aromatic carbocycles. The minimum Gasteiger partial charge on any atom is -0.490 e. The van der Waals surface area contributed by atoms with Crippen molar-refractivity contribution < 1.29 is 37.1 Å². The summed E-state index contributed by atoms with van der Waals surface area (Å²) >= 11 is 0. The van der Waals surface area contributed by atoms with Crippen molar-refractivity contribution in [2.24, 2.45) is 0 Å². The summed E-state index contributed by atoms with van der Waals surface area (Å²) in [6.45, 7) is 0. The van der Waals surface area contributed by atoms with E-state index in [2.05, 4.69) is 19.2 Å². The van der Waals surface area contributed by atoms with Gasteiger partial charge in [-0.15, -0.1) is 13.2 Å². The van der Waals surface area contributed by atoms with E-state index in [1.807, 2.05) is 0 Å². The summed E-state index contributed by atoms with van der Waals surface area (Å²) in [4.78, 5) is 24.4. The van der Waals surface area contributed by atoms with Gasteiger partial charge in [-0.2, -0.15) is 0 Å². The number of halogens is 3. The molecule has 0 spiro atoms. The lowest BCUT2D eigenvalue weighted by atomic mass is 10.1. The molecule has 0 aliphatic rings. The van der Waals surface area contributed by atoms with Crippen LogP contribution in [0, 0.1) is 10.1 Å². The second-order valence-corrected chi connectivity index (χ2v) is 3.52. The van der Waals surface area contributed by atoms with Crippen molar-refractivity contribution in [1.29, 1.82) is 0 Å². The fourth-order valence-electron chi connectivity index (χ4n) is 1.41. The van der Waals surface area contributed by atoms with Crippen molar-refractivity contribution in [2.75, 3.05) is 14.2 Å². The average molecular weight is 310 g/mol. The van der Waals surface area contributed by atoms with Crippen molar-refractivity contribution in [2.45, 2.75) is 12.8 Å².